The van der Waals surface area contributed by atoms with E-state index >= 15 is 0 Å². The van der Waals surface area contributed by atoms with Gasteiger partial charge in [-0.25, -0.2) is 4.98 Å². The molecule has 0 aliphatic heterocycles. The van der Waals surface area contributed by atoms with Crippen LogP contribution >= 0.6 is 0 Å². The first-order valence-corrected chi connectivity index (χ1v) is 7.00. The van der Waals surface area contributed by atoms with Gasteiger partial charge in [-0.1, -0.05) is 26.8 Å². The van der Waals surface area contributed by atoms with Crippen molar-refractivity contribution in [2.45, 2.75) is 33.2 Å². The SMILES string of the molecule is CC(C)(C)C(N)CC(=O)Nc1cccc(-n2ccnc2)c1. The number of rotatable bonds is 4. The Bertz CT molecular complexity index is 599. The van der Waals surface area contributed by atoms with E-state index in [0.717, 1.165) is 11.4 Å². The second-order valence-corrected chi connectivity index (χ2v) is 6.25. The van der Waals surface area contributed by atoms with Crippen LogP contribution in [0.15, 0.2) is 43.0 Å². The van der Waals surface area contributed by atoms with Crippen molar-refractivity contribution in [1.29, 1.82) is 0 Å². The molecular weight excluding hydrogens is 264 g/mol. The molecule has 2 rings (SSSR count). The first kappa shape index (κ1) is 15.3. The molecule has 1 aromatic carbocycles. The van der Waals surface area contributed by atoms with Crippen molar-refractivity contribution in [2.75, 3.05) is 5.32 Å². The summed E-state index contributed by atoms with van der Waals surface area (Å²) in [6, 6.07) is 7.45. The number of nitrogens with one attached hydrogen (secondary N) is 1. The molecule has 2 aromatic rings. The van der Waals surface area contributed by atoms with Crippen LogP contribution < -0.4 is 11.1 Å². The average Bonchev–Trinajstić information content (AvgIpc) is 2.91. The summed E-state index contributed by atoms with van der Waals surface area (Å²) in [5.74, 6) is -0.0693. The molecule has 1 heterocycles. The highest BCUT2D eigenvalue weighted by atomic mass is 16.1. The van der Waals surface area contributed by atoms with Crippen molar-refractivity contribution in [3.8, 4) is 5.69 Å². The Morgan fingerprint density at radius 3 is 2.81 bits per heavy atom. The van der Waals surface area contributed by atoms with Gasteiger partial charge in [-0.15, -0.1) is 0 Å². The summed E-state index contributed by atoms with van der Waals surface area (Å²) in [6.07, 6.45) is 5.60. The number of benzene rings is 1. The highest BCUT2D eigenvalue weighted by Gasteiger charge is 2.23. The molecule has 0 fully saturated rings. The normalized spacial score (nSPS) is 13.0. The van der Waals surface area contributed by atoms with E-state index in [9.17, 15) is 4.79 Å². The molecule has 0 aliphatic carbocycles. The van der Waals surface area contributed by atoms with Crippen LogP contribution in [0.5, 0.6) is 0 Å². The maximum Gasteiger partial charge on any atom is 0.225 e. The van der Waals surface area contributed by atoms with Gasteiger partial charge in [0.1, 0.15) is 0 Å². The smallest absolute Gasteiger partial charge is 0.225 e. The molecule has 1 aromatic heterocycles. The molecule has 0 radical (unpaired) electrons. The Morgan fingerprint density at radius 2 is 2.19 bits per heavy atom. The van der Waals surface area contributed by atoms with Crippen molar-refractivity contribution in [2.24, 2.45) is 11.1 Å². The zero-order valence-electron chi connectivity index (χ0n) is 12.7. The van der Waals surface area contributed by atoms with E-state index in [2.05, 4.69) is 10.3 Å². The van der Waals surface area contributed by atoms with Gasteiger partial charge >= 0.3 is 0 Å². The lowest BCUT2D eigenvalue weighted by atomic mass is 9.85. The summed E-state index contributed by atoms with van der Waals surface area (Å²) in [6.45, 7) is 6.10. The van der Waals surface area contributed by atoms with Gasteiger partial charge in [-0.3, -0.25) is 4.79 Å². The fraction of sp³-hybridized carbons (Fsp3) is 0.375. The fourth-order valence-corrected chi connectivity index (χ4v) is 1.87. The summed E-state index contributed by atoms with van der Waals surface area (Å²) in [5.41, 5.74) is 7.66. The minimum atomic E-state index is -0.172. The molecule has 5 heteroatoms. The van der Waals surface area contributed by atoms with Gasteiger partial charge in [0.05, 0.1) is 6.33 Å². The fourth-order valence-electron chi connectivity index (χ4n) is 1.87. The Kier molecular flexibility index (Phi) is 4.43. The maximum atomic E-state index is 12.1. The Morgan fingerprint density at radius 1 is 1.43 bits per heavy atom. The standard InChI is InChI=1S/C16H22N4O/c1-16(2,3)14(17)10-15(21)19-12-5-4-6-13(9-12)20-8-7-18-11-20/h4-9,11,14H,10,17H2,1-3H3,(H,19,21). The number of carbonyl (C=O) groups is 1. The predicted molar refractivity (Wildman–Crippen MR) is 84.2 cm³/mol. The van der Waals surface area contributed by atoms with E-state index in [1.54, 1.807) is 12.5 Å². The molecule has 21 heavy (non-hydrogen) atoms. The summed E-state index contributed by atoms with van der Waals surface area (Å²) >= 11 is 0. The Hall–Kier alpha value is -2.14. The molecule has 5 nitrogen and oxygen atoms in total. The average molecular weight is 286 g/mol. The topological polar surface area (TPSA) is 72.9 Å². The molecule has 0 saturated heterocycles. The number of aromatic nitrogens is 2. The summed E-state index contributed by atoms with van der Waals surface area (Å²) in [4.78, 5) is 16.1. The third-order valence-corrected chi connectivity index (χ3v) is 3.45. The van der Waals surface area contributed by atoms with E-state index in [4.69, 9.17) is 5.73 Å². The summed E-state index contributed by atoms with van der Waals surface area (Å²) in [7, 11) is 0. The first-order valence-electron chi connectivity index (χ1n) is 7.00. The third kappa shape index (κ3) is 4.16. The van der Waals surface area contributed by atoms with Crippen molar-refractivity contribution < 1.29 is 4.79 Å². The first-order chi connectivity index (χ1) is 9.86. The van der Waals surface area contributed by atoms with Gasteiger partial charge in [0.15, 0.2) is 0 Å². The van der Waals surface area contributed by atoms with Crippen molar-refractivity contribution >= 4 is 11.6 Å². The predicted octanol–water partition coefficient (Wildman–Crippen LogP) is 2.57. The second-order valence-electron chi connectivity index (χ2n) is 6.25. The minimum Gasteiger partial charge on any atom is -0.327 e. The molecular formula is C16H22N4O. The monoisotopic (exact) mass is 286 g/mol. The zero-order valence-corrected chi connectivity index (χ0v) is 12.7. The quantitative estimate of drug-likeness (QED) is 0.907. The van der Waals surface area contributed by atoms with Crippen molar-refractivity contribution in [3.05, 3.63) is 43.0 Å². The van der Waals surface area contributed by atoms with Crippen LogP contribution in [0.3, 0.4) is 0 Å². The van der Waals surface area contributed by atoms with Crippen LogP contribution in [0.4, 0.5) is 5.69 Å². The van der Waals surface area contributed by atoms with Crippen LogP contribution in [-0.2, 0) is 4.79 Å². The molecule has 0 aliphatic rings. The molecule has 1 amide bonds. The number of anilines is 1. The summed E-state index contributed by atoms with van der Waals surface area (Å²) < 4.78 is 1.89. The van der Waals surface area contributed by atoms with Crippen LogP contribution in [0.25, 0.3) is 5.69 Å². The highest BCUT2D eigenvalue weighted by Crippen LogP contribution is 2.20. The van der Waals surface area contributed by atoms with E-state index in [1.807, 2.05) is 55.8 Å². The van der Waals surface area contributed by atoms with E-state index < -0.39 is 0 Å². The van der Waals surface area contributed by atoms with E-state index in [0.29, 0.717) is 6.42 Å². The van der Waals surface area contributed by atoms with E-state index in [1.165, 1.54) is 0 Å². The van der Waals surface area contributed by atoms with Gasteiger partial charge in [-0.2, -0.15) is 0 Å². The molecule has 1 unspecified atom stereocenters. The molecule has 3 N–H and O–H groups in total. The van der Waals surface area contributed by atoms with Gasteiger partial charge in [0, 0.05) is 36.2 Å². The molecule has 0 saturated carbocycles. The van der Waals surface area contributed by atoms with Crippen LogP contribution in [0.1, 0.15) is 27.2 Å². The molecule has 1 atom stereocenters. The third-order valence-electron chi connectivity index (χ3n) is 3.45. The van der Waals surface area contributed by atoms with E-state index in [-0.39, 0.29) is 17.4 Å². The van der Waals surface area contributed by atoms with Crippen molar-refractivity contribution in [3.63, 3.8) is 0 Å². The second kappa shape index (κ2) is 6.10. The van der Waals surface area contributed by atoms with Crippen molar-refractivity contribution in [1.82, 2.24) is 9.55 Å². The lowest BCUT2D eigenvalue weighted by Crippen LogP contribution is -2.38. The number of imidazole rings is 1. The zero-order chi connectivity index (χ0) is 15.5. The number of nitrogens with two attached hydrogens (primary N) is 1. The number of hydrogen-bond donors (Lipinski definition) is 2. The molecule has 0 bridgehead atoms. The van der Waals surface area contributed by atoms with Gasteiger partial charge in [0.2, 0.25) is 5.91 Å². The summed E-state index contributed by atoms with van der Waals surface area (Å²) in [5, 5.41) is 2.89. The number of amides is 1. The highest BCUT2D eigenvalue weighted by molar-refractivity contribution is 5.91. The van der Waals surface area contributed by atoms with Gasteiger partial charge in [0.25, 0.3) is 0 Å². The number of nitrogens with zero attached hydrogens (tertiary/aromatic N) is 2. The number of carbonyl (C=O) groups excluding carboxylic acids is 1. The lowest BCUT2D eigenvalue weighted by Gasteiger charge is -2.26. The minimum absolute atomic E-state index is 0.0693. The van der Waals surface area contributed by atoms with Crippen LogP contribution in [0.2, 0.25) is 0 Å². The molecule has 112 valence electrons. The largest absolute Gasteiger partial charge is 0.327 e. The van der Waals surface area contributed by atoms with Crippen LogP contribution in [0, 0.1) is 5.41 Å². The Balaban J connectivity index is 2.03. The number of hydrogen-bond acceptors (Lipinski definition) is 3. The molecule has 0 spiro atoms. The van der Waals surface area contributed by atoms with Gasteiger partial charge < -0.3 is 15.6 Å². The van der Waals surface area contributed by atoms with Gasteiger partial charge in [-0.05, 0) is 23.6 Å². The Labute approximate surface area is 125 Å². The van der Waals surface area contributed by atoms with Crippen LogP contribution in [-0.4, -0.2) is 21.5 Å². The lowest BCUT2D eigenvalue weighted by molar-refractivity contribution is -0.117. The maximum absolute atomic E-state index is 12.1.